The van der Waals surface area contributed by atoms with Crippen molar-refractivity contribution in [3.8, 4) is 11.5 Å². The molecule has 4 nitrogen and oxygen atoms in total. The molecule has 2 aromatic rings. The second-order valence-electron chi connectivity index (χ2n) is 5.66. The number of hydrogen-bond acceptors (Lipinski definition) is 4. The van der Waals surface area contributed by atoms with E-state index in [4.69, 9.17) is 14.2 Å². The summed E-state index contributed by atoms with van der Waals surface area (Å²) in [6.07, 6.45) is 0. The minimum Gasteiger partial charge on any atom is -0.490 e. The second kappa shape index (κ2) is 11.7. The van der Waals surface area contributed by atoms with Crippen LogP contribution in [0.2, 0.25) is 0 Å². The number of hydrogen-bond donors (Lipinski definition) is 1. The van der Waals surface area contributed by atoms with Crippen LogP contribution in [0.15, 0.2) is 42.5 Å². The Morgan fingerprint density at radius 2 is 1.64 bits per heavy atom. The smallest absolute Gasteiger partial charge is 0.161 e. The van der Waals surface area contributed by atoms with Gasteiger partial charge in [0.25, 0.3) is 0 Å². The van der Waals surface area contributed by atoms with E-state index in [1.165, 1.54) is 5.56 Å². The lowest BCUT2D eigenvalue weighted by atomic mass is 10.1. The van der Waals surface area contributed by atoms with Crippen molar-refractivity contribution in [1.82, 2.24) is 5.32 Å². The molecule has 0 heterocycles. The van der Waals surface area contributed by atoms with Crippen LogP contribution in [0.1, 0.15) is 23.6 Å². The van der Waals surface area contributed by atoms with Crippen molar-refractivity contribution in [2.45, 2.75) is 27.0 Å². The number of aryl methyl sites for hydroxylation is 1. The quantitative estimate of drug-likeness (QED) is 0.642. The lowest BCUT2D eigenvalue weighted by Gasteiger charge is -2.14. The Bertz CT molecular complexity index is 617. The van der Waals surface area contributed by atoms with Crippen molar-refractivity contribution in [3.05, 3.63) is 59.2 Å². The second-order valence-corrected chi connectivity index (χ2v) is 5.66. The van der Waals surface area contributed by atoms with Gasteiger partial charge in [0, 0.05) is 20.2 Å². The Morgan fingerprint density at radius 3 is 2.32 bits per heavy atom. The van der Waals surface area contributed by atoms with Crippen LogP contribution < -0.4 is 14.8 Å². The summed E-state index contributed by atoms with van der Waals surface area (Å²) in [4.78, 5) is 0. The molecule has 0 aliphatic carbocycles. The highest BCUT2D eigenvalue weighted by Crippen LogP contribution is 2.29. The van der Waals surface area contributed by atoms with Gasteiger partial charge >= 0.3 is 0 Å². The zero-order valence-electron chi connectivity index (χ0n) is 15.2. The number of nitrogens with one attached hydrogen (secondary N) is 1. The van der Waals surface area contributed by atoms with Gasteiger partial charge in [-0.25, -0.2) is 0 Å². The minimum absolute atomic E-state index is 0. The van der Waals surface area contributed by atoms with Crippen molar-refractivity contribution < 1.29 is 14.2 Å². The number of methoxy groups -OCH3 is 1. The SMILES string of the molecule is CCOc1cc(CNCCOC)ccc1OCc1ccc(C)cc1.Cl. The predicted octanol–water partition coefficient (Wildman–Crippen LogP) is 4.13. The Hall–Kier alpha value is -1.75. The molecule has 5 heteroatoms. The van der Waals surface area contributed by atoms with Gasteiger partial charge in [-0.15, -0.1) is 12.4 Å². The fourth-order valence-electron chi connectivity index (χ4n) is 2.30. The van der Waals surface area contributed by atoms with Crippen LogP contribution in [-0.2, 0) is 17.9 Å². The van der Waals surface area contributed by atoms with Crippen LogP contribution in [0.25, 0.3) is 0 Å². The van der Waals surface area contributed by atoms with Gasteiger partial charge < -0.3 is 19.5 Å². The molecule has 0 saturated heterocycles. The molecule has 0 aliphatic heterocycles. The summed E-state index contributed by atoms with van der Waals surface area (Å²) in [5.74, 6) is 1.56. The fraction of sp³-hybridized carbons (Fsp3) is 0.400. The summed E-state index contributed by atoms with van der Waals surface area (Å²) < 4.78 is 16.7. The third-order valence-corrected chi connectivity index (χ3v) is 3.63. The average molecular weight is 366 g/mol. The molecule has 0 spiro atoms. The molecule has 0 saturated carbocycles. The molecule has 138 valence electrons. The number of benzene rings is 2. The molecule has 0 unspecified atom stereocenters. The molecule has 0 amide bonds. The average Bonchev–Trinajstić information content (AvgIpc) is 2.60. The van der Waals surface area contributed by atoms with E-state index in [2.05, 4.69) is 42.6 Å². The molecule has 0 fully saturated rings. The maximum Gasteiger partial charge on any atom is 0.161 e. The van der Waals surface area contributed by atoms with Crippen LogP contribution in [-0.4, -0.2) is 26.9 Å². The van der Waals surface area contributed by atoms with Crippen molar-refractivity contribution in [3.63, 3.8) is 0 Å². The van der Waals surface area contributed by atoms with Gasteiger partial charge in [-0.2, -0.15) is 0 Å². The zero-order valence-corrected chi connectivity index (χ0v) is 16.0. The van der Waals surface area contributed by atoms with Crippen LogP contribution in [0.3, 0.4) is 0 Å². The molecule has 1 N–H and O–H groups in total. The van der Waals surface area contributed by atoms with Crippen molar-refractivity contribution in [2.24, 2.45) is 0 Å². The van der Waals surface area contributed by atoms with E-state index in [1.54, 1.807) is 7.11 Å². The van der Waals surface area contributed by atoms with E-state index in [0.717, 1.165) is 35.7 Å². The van der Waals surface area contributed by atoms with Gasteiger partial charge in [0.1, 0.15) is 6.61 Å². The molecular formula is C20H28ClNO3. The third kappa shape index (κ3) is 7.34. The monoisotopic (exact) mass is 365 g/mol. The van der Waals surface area contributed by atoms with Gasteiger partial charge in [-0.1, -0.05) is 35.9 Å². The molecule has 25 heavy (non-hydrogen) atoms. The van der Waals surface area contributed by atoms with E-state index in [0.29, 0.717) is 19.8 Å². The van der Waals surface area contributed by atoms with E-state index in [1.807, 2.05) is 19.1 Å². The summed E-state index contributed by atoms with van der Waals surface area (Å²) >= 11 is 0. The topological polar surface area (TPSA) is 39.7 Å². The summed E-state index contributed by atoms with van der Waals surface area (Å²) in [7, 11) is 1.70. The summed E-state index contributed by atoms with van der Waals surface area (Å²) in [6, 6.07) is 14.4. The predicted molar refractivity (Wildman–Crippen MR) is 104 cm³/mol. The zero-order chi connectivity index (χ0) is 17.2. The standard InChI is InChI=1S/C20H27NO3.ClH/c1-4-23-20-13-18(14-21-11-12-22-3)9-10-19(20)24-15-17-7-5-16(2)6-8-17;/h5-10,13,21H,4,11-12,14-15H2,1-3H3;1H. The van der Waals surface area contributed by atoms with Crippen molar-refractivity contribution in [2.75, 3.05) is 26.9 Å². The Balaban J connectivity index is 0.00000312. The highest BCUT2D eigenvalue weighted by atomic mass is 35.5. The van der Waals surface area contributed by atoms with Gasteiger partial charge in [0.2, 0.25) is 0 Å². The van der Waals surface area contributed by atoms with Gasteiger partial charge in [0.15, 0.2) is 11.5 Å². The van der Waals surface area contributed by atoms with Crippen LogP contribution >= 0.6 is 12.4 Å². The number of ether oxygens (including phenoxy) is 3. The highest BCUT2D eigenvalue weighted by Gasteiger charge is 2.07. The first-order chi connectivity index (χ1) is 11.7. The first kappa shape index (κ1) is 21.3. The summed E-state index contributed by atoms with van der Waals surface area (Å²) in [5.41, 5.74) is 3.56. The van der Waals surface area contributed by atoms with Gasteiger partial charge in [-0.3, -0.25) is 0 Å². The molecule has 2 rings (SSSR count). The van der Waals surface area contributed by atoms with Crippen LogP contribution in [0.4, 0.5) is 0 Å². The minimum atomic E-state index is 0. The molecule has 2 aromatic carbocycles. The molecule has 0 radical (unpaired) electrons. The third-order valence-electron chi connectivity index (χ3n) is 3.63. The number of rotatable bonds is 10. The van der Waals surface area contributed by atoms with Gasteiger partial charge in [0.05, 0.1) is 13.2 Å². The Morgan fingerprint density at radius 1 is 0.920 bits per heavy atom. The lowest BCUT2D eigenvalue weighted by molar-refractivity contribution is 0.199. The summed E-state index contributed by atoms with van der Waals surface area (Å²) in [5, 5.41) is 3.33. The maximum absolute atomic E-state index is 5.95. The van der Waals surface area contributed by atoms with Crippen LogP contribution in [0.5, 0.6) is 11.5 Å². The first-order valence-electron chi connectivity index (χ1n) is 8.36. The Labute approximate surface area is 156 Å². The van der Waals surface area contributed by atoms with E-state index in [9.17, 15) is 0 Å². The largest absolute Gasteiger partial charge is 0.490 e. The van der Waals surface area contributed by atoms with E-state index in [-0.39, 0.29) is 12.4 Å². The number of halogens is 1. The Kier molecular flexibility index (Phi) is 10.0. The maximum atomic E-state index is 5.95. The van der Waals surface area contributed by atoms with Crippen molar-refractivity contribution in [1.29, 1.82) is 0 Å². The molecule has 0 bridgehead atoms. The highest BCUT2D eigenvalue weighted by molar-refractivity contribution is 5.85. The molecule has 0 aliphatic rings. The first-order valence-corrected chi connectivity index (χ1v) is 8.36. The van der Waals surface area contributed by atoms with E-state index >= 15 is 0 Å². The summed E-state index contributed by atoms with van der Waals surface area (Å²) in [6.45, 7) is 7.52. The lowest BCUT2D eigenvalue weighted by Crippen LogP contribution is -2.18. The molecule has 0 atom stereocenters. The van der Waals surface area contributed by atoms with Crippen molar-refractivity contribution >= 4 is 12.4 Å². The molecular weight excluding hydrogens is 338 g/mol. The normalized spacial score (nSPS) is 10.2. The van der Waals surface area contributed by atoms with E-state index < -0.39 is 0 Å². The molecule has 0 aromatic heterocycles. The fourth-order valence-corrected chi connectivity index (χ4v) is 2.30. The van der Waals surface area contributed by atoms with Gasteiger partial charge in [-0.05, 0) is 37.1 Å². The van der Waals surface area contributed by atoms with Crippen LogP contribution in [0, 0.1) is 6.92 Å².